The van der Waals surface area contributed by atoms with Gasteiger partial charge in [-0.1, -0.05) is 42.1 Å². The number of rotatable bonds is 3. The van der Waals surface area contributed by atoms with Crippen LogP contribution in [0.4, 0.5) is 0 Å². The van der Waals surface area contributed by atoms with Gasteiger partial charge in [-0.05, 0) is 30.2 Å². The van der Waals surface area contributed by atoms with Crippen LogP contribution in [0.15, 0.2) is 47.5 Å². The zero-order valence-electron chi connectivity index (χ0n) is 9.55. The summed E-state index contributed by atoms with van der Waals surface area (Å²) in [4.78, 5) is 4.41. The average Bonchev–Trinajstić information content (AvgIpc) is 2.37. The molecule has 0 saturated heterocycles. The number of benzene rings is 1. The summed E-state index contributed by atoms with van der Waals surface area (Å²) in [7, 11) is 0. The van der Waals surface area contributed by atoms with Crippen LogP contribution >= 0.6 is 11.8 Å². The minimum absolute atomic E-state index is 0.435. The molecule has 0 radical (unpaired) electrons. The number of pyridine rings is 1. The van der Waals surface area contributed by atoms with Crippen molar-refractivity contribution in [2.45, 2.75) is 11.9 Å². The molecule has 0 spiro atoms. The molecule has 17 heavy (non-hydrogen) atoms. The fourth-order valence-electron chi connectivity index (χ4n) is 1.62. The molecule has 0 aliphatic carbocycles. The molecule has 0 amide bonds. The van der Waals surface area contributed by atoms with Gasteiger partial charge in [-0.3, -0.25) is 0 Å². The number of aromatic nitrogens is 1. The van der Waals surface area contributed by atoms with Gasteiger partial charge in [0.25, 0.3) is 0 Å². The van der Waals surface area contributed by atoms with Crippen LogP contribution in [0.1, 0.15) is 5.69 Å². The van der Waals surface area contributed by atoms with Crippen molar-refractivity contribution in [2.24, 2.45) is 0 Å². The van der Waals surface area contributed by atoms with E-state index in [0.29, 0.717) is 5.75 Å². The normalized spacial score (nSPS) is 9.88. The largest absolute Gasteiger partial charge is 0.247 e. The second-order valence-electron chi connectivity index (χ2n) is 3.65. The van der Waals surface area contributed by atoms with Crippen LogP contribution in [-0.2, 0) is 0 Å². The maximum atomic E-state index is 8.58. The summed E-state index contributed by atoms with van der Waals surface area (Å²) in [5.74, 6) is 0.435. The van der Waals surface area contributed by atoms with Gasteiger partial charge in [0.15, 0.2) is 0 Å². The Morgan fingerprint density at radius 3 is 2.65 bits per heavy atom. The quantitative estimate of drug-likeness (QED) is 0.768. The van der Waals surface area contributed by atoms with E-state index >= 15 is 0 Å². The number of hydrogen-bond acceptors (Lipinski definition) is 3. The van der Waals surface area contributed by atoms with E-state index in [4.69, 9.17) is 5.26 Å². The monoisotopic (exact) mass is 240 g/mol. The fourth-order valence-corrected chi connectivity index (χ4v) is 2.25. The molecular weight excluding hydrogens is 228 g/mol. The molecule has 0 aliphatic heterocycles. The Bertz CT molecular complexity index is 544. The van der Waals surface area contributed by atoms with E-state index in [1.54, 1.807) is 0 Å². The summed E-state index contributed by atoms with van der Waals surface area (Å²) in [5, 5.41) is 9.49. The van der Waals surface area contributed by atoms with Gasteiger partial charge in [0.2, 0.25) is 0 Å². The summed E-state index contributed by atoms with van der Waals surface area (Å²) < 4.78 is 0. The van der Waals surface area contributed by atoms with Crippen LogP contribution in [-0.4, -0.2) is 10.7 Å². The standard InChI is InChI=1S/C14H12N2S/c1-11-9-13(12-5-3-2-4-6-12)10-14(16-11)17-8-7-15/h2-6,9-10H,8H2,1H3. The Morgan fingerprint density at radius 1 is 1.18 bits per heavy atom. The lowest BCUT2D eigenvalue weighted by molar-refractivity contribution is 1.07. The van der Waals surface area contributed by atoms with E-state index in [9.17, 15) is 0 Å². The maximum absolute atomic E-state index is 8.58. The molecule has 1 aromatic carbocycles. The summed E-state index contributed by atoms with van der Waals surface area (Å²) in [5.41, 5.74) is 3.31. The highest BCUT2D eigenvalue weighted by Crippen LogP contribution is 2.24. The molecule has 2 nitrogen and oxygen atoms in total. The van der Waals surface area contributed by atoms with E-state index in [2.05, 4.69) is 29.3 Å². The lowest BCUT2D eigenvalue weighted by atomic mass is 10.1. The van der Waals surface area contributed by atoms with E-state index in [0.717, 1.165) is 16.3 Å². The summed E-state index contributed by atoms with van der Waals surface area (Å²) in [6, 6.07) is 16.4. The number of hydrogen-bond donors (Lipinski definition) is 0. The van der Waals surface area contributed by atoms with Crippen molar-refractivity contribution in [1.29, 1.82) is 5.26 Å². The smallest absolute Gasteiger partial charge is 0.0979 e. The third kappa shape index (κ3) is 3.08. The Labute approximate surface area is 105 Å². The van der Waals surface area contributed by atoms with E-state index < -0.39 is 0 Å². The second kappa shape index (κ2) is 5.51. The number of aryl methyl sites for hydroxylation is 1. The van der Waals surface area contributed by atoms with Crippen LogP contribution in [0.25, 0.3) is 11.1 Å². The van der Waals surface area contributed by atoms with E-state index in [1.807, 2.05) is 31.2 Å². The first-order valence-electron chi connectivity index (χ1n) is 5.33. The Morgan fingerprint density at radius 2 is 1.94 bits per heavy atom. The third-order valence-electron chi connectivity index (χ3n) is 2.32. The first-order valence-corrected chi connectivity index (χ1v) is 6.32. The van der Waals surface area contributed by atoms with Crippen molar-refractivity contribution in [3.63, 3.8) is 0 Å². The number of thioether (sulfide) groups is 1. The summed E-state index contributed by atoms with van der Waals surface area (Å²) >= 11 is 1.47. The molecule has 1 aromatic heterocycles. The van der Waals surface area contributed by atoms with Crippen molar-refractivity contribution in [3.05, 3.63) is 48.2 Å². The minimum Gasteiger partial charge on any atom is -0.247 e. The number of nitrogens with zero attached hydrogens (tertiary/aromatic N) is 2. The van der Waals surface area contributed by atoms with Crippen LogP contribution in [0.2, 0.25) is 0 Å². The minimum atomic E-state index is 0.435. The summed E-state index contributed by atoms with van der Waals surface area (Å²) in [6.07, 6.45) is 0. The molecule has 0 saturated carbocycles. The Hall–Kier alpha value is -1.79. The second-order valence-corrected chi connectivity index (χ2v) is 4.64. The molecule has 0 bridgehead atoms. The molecule has 2 rings (SSSR count). The zero-order valence-corrected chi connectivity index (χ0v) is 10.4. The molecular formula is C14H12N2S. The Balaban J connectivity index is 2.36. The van der Waals surface area contributed by atoms with E-state index in [1.165, 1.54) is 17.3 Å². The van der Waals surface area contributed by atoms with Gasteiger partial charge in [-0.25, -0.2) is 4.98 Å². The van der Waals surface area contributed by atoms with Crippen molar-refractivity contribution in [1.82, 2.24) is 4.98 Å². The van der Waals surface area contributed by atoms with Gasteiger partial charge < -0.3 is 0 Å². The predicted molar refractivity (Wildman–Crippen MR) is 70.7 cm³/mol. The lowest BCUT2D eigenvalue weighted by Gasteiger charge is -2.05. The molecule has 1 heterocycles. The van der Waals surface area contributed by atoms with Gasteiger partial charge in [0, 0.05) is 5.69 Å². The molecule has 3 heteroatoms. The van der Waals surface area contributed by atoms with Gasteiger partial charge in [0.1, 0.15) is 0 Å². The molecule has 0 atom stereocenters. The van der Waals surface area contributed by atoms with Gasteiger partial charge in [-0.15, -0.1) is 0 Å². The molecule has 84 valence electrons. The maximum Gasteiger partial charge on any atom is 0.0979 e. The highest BCUT2D eigenvalue weighted by atomic mass is 32.2. The van der Waals surface area contributed by atoms with Gasteiger partial charge in [0.05, 0.1) is 16.8 Å². The number of nitriles is 1. The first kappa shape index (κ1) is 11.7. The fraction of sp³-hybridized carbons (Fsp3) is 0.143. The van der Waals surface area contributed by atoms with Crippen LogP contribution in [0, 0.1) is 18.3 Å². The molecule has 0 aliphatic rings. The molecule has 2 aromatic rings. The third-order valence-corrected chi connectivity index (χ3v) is 3.10. The molecule has 0 unspecified atom stereocenters. The van der Waals surface area contributed by atoms with Crippen molar-refractivity contribution < 1.29 is 0 Å². The Kier molecular flexibility index (Phi) is 3.79. The zero-order chi connectivity index (χ0) is 12.1. The van der Waals surface area contributed by atoms with Gasteiger partial charge >= 0.3 is 0 Å². The predicted octanol–water partition coefficient (Wildman–Crippen LogP) is 3.67. The SMILES string of the molecule is Cc1cc(-c2ccccc2)cc(SCC#N)n1. The topological polar surface area (TPSA) is 36.7 Å². The van der Waals surface area contributed by atoms with Crippen LogP contribution in [0.5, 0.6) is 0 Å². The van der Waals surface area contributed by atoms with Crippen LogP contribution in [0.3, 0.4) is 0 Å². The molecule has 0 N–H and O–H groups in total. The summed E-state index contributed by atoms with van der Waals surface area (Å²) in [6.45, 7) is 1.98. The van der Waals surface area contributed by atoms with Crippen molar-refractivity contribution >= 4 is 11.8 Å². The van der Waals surface area contributed by atoms with E-state index in [-0.39, 0.29) is 0 Å². The van der Waals surface area contributed by atoms with Crippen molar-refractivity contribution in [2.75, 3.05) is 5.75 Å². The van der Waals surface area contributed by atoms with Crippen LogP contribution < -0.4 is 0 Å². The first-order chi connectivity index (χ1) is 8.29. The lowest BCUT2D eigenvalue weighted by Crippen LogP contribution is -1.88. The van der Waals surface area contributed by atoms with Gasteiger partial charge in [-0.2, -0.15) is 5.26 Å². The highest BCUT2D eigenvalue weighted by Gasteiger charge is 2.02. The average molecular weight is 240 g/mol. The molecule has 0 fully saturated rings. The van der Waals surface area contributed by atoms with Crippen molar-refractivity contribution in [3.8, 4) is 17.2 Å². The highest BCUT2D eigenvalue weighted by molar-refractivity contribution is 7.99.